The number of aliphatic hydroxyl groups is 1. The molecule has 0 aliphatic heterocycles. The highest BCUT2D eigenvalue weighted by atomic mass is 19.2. The Morgan fingerprint density at radius 3 is 2.73 bits per heavy atom. The van der Waals surface area contributed by atoms with E-state index in [-0.39, 0.29) is 6.54 Å². The zero-order valence-corrected chi connectivity index (χ0v) is 11.5. The van der Waals surface area contributed by atoms with Crippen LogP contribution in [-0.4, -0.2) is 19.6 Å². The second kappa shape index (κ2) is 6.03. The predicted molar refractivity (Wildman–Crippen MR) is 76.8 cm³/mol. The molecule has 1 atom stereocenters. The van der Waals surface area contributed by atoms with Crippen LogP contribution in [0.4, 0.5) is 8.78 Å². The van der Waals surface area contributed by atoms with Crippen LogP contribution in [0, 0.1) is 11.6 Å². The molecule has 2 aromatic heterocycles. The summed E-state index contributed by atoms with van der Waals surface area (Å²) in [5.41, 5.74) is 1.12. The summed E-state index contributed by atoms with van der Waals surface area (Å²) in [6, 6.07) is 7.02. The first kappa shape index (κ1) is 14.3. The Morgan fingerprint density at radius 1 is 1.14 bits per heavy atom. The van der Waals surface area contributed by atoms with Gasteiger partial charge in [0.2, 0.25) is 0 Å². The average molecular weight is 301 g/mol. The van der Waals surface area contributed by atoms with Crippen molar-refractivity contribution in [1.82, 2.24) is 14.5 Å². The van der Waals surface area contributed by atoms with Crippen molar-refractivity contribution >= 4 is 0 Å². The number of pyridine rings is 1. The van der Waals surface area contributed by atoms with Gasteiger partial charge in [-0.1, -0.05) is 6.07 Å². The lowest BCUT2D eigenvalue weighted by atomic mass is 10.1. The van der Waals surface area contributed by atoms with Gasteiger partial charge in [-0.3, -0.25) is 4.98 Å². The number of hydrogen-bond acceptors (Lipinski definition) is 3. The van der Waals surface area contributed by atoms with Crippen LogP contribution in [0.15, 0.2) is 55.1 Å². The molecular weight excluding hydrogens is 288 g/mol. The van der Waals surface area contributed by atoms with Crippen LogP contribution in [0.25, 0.3) is 11.4 Å². The van der Waals surface area contributed by atoms with Gasteiger partial charge in [0, 0.05) is 30.4 Å². The summed E-state index contributed by atoms with van der Waals surface area (Å²) in [5, 5.41) is 10.2. The summed E-state index contributed by atoms with van der Waals surface area (Å²) in [7, 11) is 0. The summed E-state index contributed by atoms with van der Waals surface area (Å²) in [4.78, 5) is 8.28. The number of imidazole rings is 1. The third-order valence-electron chi connectivity index (χ3n) is 3.33. The standard InChI is InChI=1S/C16H13F2N3O/c17-13-4-3-11(8-14(13)18)15(22)10-21-7-6-20-16(21)12-2-1-5-19-9-12/h1-9,15,22H,10H2. The first-order chi connectivity index (χ1) is 10.6. The van der Waals surface area contributed by atoms with Crippen molar-refractivity contribution < 1.29 is 13.9 Å². The molecule has 1 aromatic carbocycles. The number of halogens is 2. The van der Waals surface area contributed by atoms with Gasteiger partial charge in [-0.05, 0) is 29.8 Å². The van der Waals surface area contributed by atoms with E-state index in [4.69, 9.17) is 0 Å². The van der Waals surface area contributed by atoms with Gasteiger partial charge in [-0.2, -0.15) is 0 Å². The van der Waals surface area contributed by atoms with Gasteiger partial charge >= 0.3 is 0 Å². The van der Waals surface area contributed by atoms with E-state index in [9.17, 15) is 13.9 Å². The fraction of sp³-hybridized carbons (Fsp3) is 0.125. The number of hydrogen-bond donors (Lipinski definition) is 1. The molecule has 4 nitrogen and oxygen atoms in total. The zero-order chi connectivity index (χ0) is 15.5. The summed E-state index contributed by atoms with van der Waals surface area (Å²) in [5.74, 6) is -1.26. The molecule has 0 radical (unpaired) electrons. The van der Waals surface area contributed by atoms with E-state index in [0.717, 1.165) is 17.7 Å². The van der Waals surface area contributed by atoms with Crippen molar-refractivity contribution in [3.8, 4) is 11.4 Å². The lowest BCUT2D eigenvalue weighted by Gasteiger charge is -2.14. The first-order valence-corrected chi connectivity index (χ1v) is 6.69. The van der Waals surface area contributed by atoms with Crippen LogP contribution in [0.5, 0.6) is 0 Å². The van der Waals surface area contributed by atoms with Crippen LogP contribution in [0.1, 0.15) is 11.7 Å². The quantitative estimate of drug-likeness (QED) is 0.806. The Labute approximate surface area is 125 Å². The number of rotatable bonds is 4. The van der Waals surface area contributed by atoms with E-state index in [0.29, 0.717) is 11.4 Å². The first-order valence-electron chi connectivity index (χ1n) is 6.69. The van der Waals surface area contributed by atoms with Gasteiger partial charge in [0.05, 0.1) is 12.6 Å². The summed E-state index contributed by atoms with van der Waals surface area (Å²) >= 11 is 0. The molecule has 0 fully saturated rings. The minimum atomic E-state index is -0.977. The highest BCUT2D eigenvalue weighted by Gasteiger charge is 2.14. The van der Waals surface area contributed by atoms with E-state index >= 15 is 0 Å². The SMILES string of the molecule is OC(Cn1ccnc1-c1cccnc1)c1ccc(F)c(F)c1. The van der Waals surface area contributed by atoms with Crippen LogP contribution < -0.4 is 0 Å². The molecule has 1 N–H and O–H groups in total. The maximum absolute atomic E-state index is 13.2. The molecule has 0 aliphatic carbocycles. The Balaban J connectivity index is 1.85. The fourth-order valence-electron chi connectivity index (χ4n) is 2.22. The maximum Gasteiger partial charge on any atom is 0.159 e. The summed E-state index contributed by atoms with van der Waals surface area (Å²) in [6.07, 6.45) is 5.68. The topological polar surface area (TPSA) is 50.9 Å². The molecule has 6 heteroatoms. The monoisotopic (exact) mass is 301 g/mol. The number of benzene rings is 1. The van der Waals surface area contributed by atoms with Gasteiger partial charge in [-0.15, -0.1) is 0 Å². The normalized spacial score (nSPS) is 12.3. The van der Waals surface area contributed by atoms with E-state index in [1.165, 1.54) is 6.07 Å². The number of aliphatic hydroxyl groups excluding tert-OH is 1. The fourth-order valence-corrected chi connectivity index (χ4v) is 2.22. The van der Waals surface area contributed by atoms with Gasteiger partial charge in [-0.25, -0.2) is 13.8 Å². The second-order valence-electron chi connectivity index (χ2n) is 4.83. The molecule has 1 unspecified atom stereocenters. The van der Waals surface area contributed by atoms with Gasteiger partial charge in [0.15, 0.2) is 11.6 Å². The van der Waals surface area contributed by atoms with Gasteiger partial charge < -0.3 is 9.67 Å². The highest BCUT2D eigenvalue weighted by molar-refractivity contribution is 5.53. The third-order valence-corrected chi connectivity index (χ3v) is 3.33. The van der Waals surface area contributed by atoms with Crippen LogP contribution >= 0.6 is 0 Å². The second-order valence-corrected chi connectivity index (χ2v) is 4.83. The molecular formula is C16H13F2N3O. The van der Waals surface area contributed by atoms with Crippen molar-refractivity contribution in [2.24, 2.45) is 0 Å². The molecule has 0 aliphatic rings. The number of aromatic nitrogens is 3. The van der Waals surface area contributed by atoms with Crippen LogP contribution in [0.2, 0.25) is 0 Å². The lowest BCUT2D eigenvalue weighted by Crippen LogP contribution is -2.10. The molecule has 0 bridgehead atoms. The molecule has 2 heterocycles. The summed E-state index contributed by atoms with van der Waals surface area (Å²) < 4.78 is 27.9. The summed E-state index contributed by atoms with van der Waals surface area (Å²) in [6.45, 7) is 0.176. The molecule has 0 saturated heterocycles. The molecule has 112 valence electrons. The minimum Gasteiger partial charge on any atom is -0.387 e. The van der Waals surface area contributed by atoms with Gasteiger partial charge in [0.1, 0.15) is 5.82 Å². The van der Waals surface area contributed by atoms with Crippen molar-refractivity contribution in [3.05, 3.63) is 72.3 Å². The number of nitrogens with zero attached hydrogens (tertiary/aromatic N) is 3. The Hall–Kier alpha value is -2.60. The van der Waals surface area contributed by atoms with Crippen LogP contribution in [0.3, 0.4) is 0 Å². The van der Waals surface area contributed by atoms with Crippen molar-refractivity contribution in [2.75, 3.05) is 0 Å². The molecule has 0 amide bonds. The molecule has 0 saturated carbocycles. The van der Waals surface area contributed by atoms with E-state index in [2.05, 4.69) is 9.97 Å². The van der Waals surface area contributed by atoms with Gasteiger partial charge in [0.25, 0.3) is 0 Å². The van der Waals surface area contributed by atoms with E-state index in [1.54, 1.807) is 35.4 Å². The van der Waals surface area contributed by atoms with Crippen molar-refractivity contribution in [1.29, 1.82) is 0 Å². The Kier molecular flexibility index (Phi) is 3.93. The third kappa shape index (κ3) is 2.87. The largest absolute Gasteiger partial charge is 0.387 e. The zero-order valence-electron chi connectivity index (χ0n) is 11.5. The average Bonchev–Trinajstić information content (AvgIpc) is 2.99. The molecule has 3 rings (SSSR count). The van der Waals surface area contributed by atoms with Crippen molar-refractivity contribution in [3.63, 3.8) is 0 Å². The predicted octanol–water partition coefficient (Wildman–Crippen LogP) is 2.96. The highest BCUT2D eigenvalue weighted by Crippen LogP contribution is 2.22. The Bertz CT molecular complexity index is 774. The molecule has 0 spiro atoms. The van der Waals surface area contributed by atoms with Crippen LogP contribution in [-0.2, 0) is 6.54 Å². The van der Waals surface area contributed by atoms with E-state index < -0.39 is 17.7 Å². The minimum absolute atomic E-state index is 0.176. The van der Waals surface area contributed by atoms with Crippen molar-refractivity contribution in [2.45, 2.75) is 12.6 Å². The molecule has 22 heavy (non-hydrogen) atoms. The smallest absolute Gasteiger partial charge is 0.159 e. The van der Waals surface area contributed by atoms with E-state index in [1.807, 2.05) is 6.07 Å². The lowest BCUT2D eigenvalue weighted by molar-refractivity contribution is 0.156. The Morgan fingerprint density at radius 2 is 2.00 bits per heavy atom. The molecule has 3 aromatic rings. The maximum atomic E-state index is 13.2.